The lowest BCUT2D eigenvalue weighted by Crippen LogP contribution is -2.30. The predicted octanol–water partition coefficient (Wildman–Crippen LogP) is 2.66. The van der Waals surface area contributed by atoms with Gasteiger partial charge in [0.05, 0.1) is 6.20 Å². The summed E-state index contributed by atoms with van der Waals surface area (Å²) in [5.41, 5.74) is 11.6. The fourth-order valence-corrected chi connectivity index (χ4v) is 2.09. The highest BCUT2D eigenvalue weighted by Crippen LogP contribution is 2.28. The van der Waals surface area contributed by atoms with Gasteiger partial charge < -0.3 is 10.5 Å². The van der Waals surface area contributed by atoms with Crippen molar-refractivity contribution in [3.05, 3.63) is 65.7 Å². The van der Waals surface area contributed by atoms with E-state index in [1.807, 2.05) is 0 Å². The van der Waals surface area contributed by atoms with E-state index in [9.17, 15) is 4.79 Å². The van der Waals surface area contributed by atoms with Crippen molar-refractivity contribution in [3.8, 4) is 11.6 Å². The van der Waals surface area contributed by atoms with Crippen molar-refractivity contribution in [2.24, 2.45) is 0 Å². The van der Waals surface area contributed by atoms with E-state index in [1.54, 1.807) is 42.6 Å². The molecule has 9 heteroatoms. The Morgan fingerprint density at radius 3 is 2.84 bits per heavy atom. The molecule has 0 saturated carbocycles. The zero-order valence-corrected chi connectivity index (χ0v) is 13.6. The number of hydrazine groups is 1. The molecule has 0 aliphatic carbocycles. The molecule has 3 rings (SSSR count). The van der Waals surface area contributed by atoms with E-state index in [4.69, 9.17) is 22.1 Å². The number of rotatable bonds is 5. The van der Waals surface area contributed by atoms with Crippen molar-refractivity contribution in [3.63, 3.8) is 0 Å². The highest BCUT2D eigenvalue weighted by molar-refractivity contribution is 6.30. The van der Waals surface area contributed by atoms with E-state index in [2.05, 4.69) is 25.8 Å². The number of nitrogens with one attached hydrogen (secondary N) is 2. The molecule has 2 aromatic heterocycles. The van der Waals surface area contributed by atoms with Gasteiger partial charge in [-0.2, -0.15) is 4.98 Å². The summed E-state index contributed by atoms with van der Waals surface area (Å²) in [4.78, 5) is 24.0. The van der Waals surface area contributed by atoms with Crippen LogP contribution in [0.5, 0.6) is 11.6 Å². The molecule has 3 aromatic rings. The zero-order chi connectivity index (χ0) is 17.6. The second kappa shape index (κ2) is 7.45. The largest absolute Gasteiger partial charge is 0.435 e. The predicted molar refractivity (Wildman–Crippen MR) is 93.3 cm³/mol. The molecule has 0 radical (unpaired) electrons. The third kappa shape index (κ3) is 4.12. The van der Waals surface area contributed by atoms with Crippen molar-refractivity contribution in [1.82, 2.24) is 20.4 Å². The number of hydrogen-bond donors (Lipinski definition) is 3. The summed E-state index contributed by atoms with van der Waals surface area (Å²) in [6, 6.07) is 9.95. The molecule has 126 valence electrons. The lowest BCUT2D eigenvalue weighted by Gasteiger charge is -2.12. The standard InChI is InChI=1S/C16H13ClN6O2/c17-11-4-1-3-10(7-11)15(24)23-22-14-13(18)16(21-9-20-14)25-12-5-2-6-19-8-12/h1-9H,18H2,(H,23,24)(H,20,21,22). The fourth-order valence-electron chi connectivity index (χ4n) is 1.90. The number of halogens is 1. The maximum absolute atomic E-state index is 12.1. The Labute approximate surface area is 148 Å². The number of nitrogens with two attached hydrogens (primary N) is 1. The third-order valence-corrected chi connectivity index (χ3v) is 3.31. The second-order valence-corrected chi connectivity index (χ2v) is 5.26. The lowest BCUT2D eigenvalue weighted by atomic mass is 10.2. The van der Waals surface area contributed by atoms with Crippen LogP contribution in [0.2, 0.25) is 5.02 Å². The van der Waals surface area contributed by atoms with Gasteiger partial charge in [0.15, 0.2) is 5.82 Å². The van der Waals surface area contributed by atoms with Crippen LogP contribution in [-0.2, 0) is 0 Å². The monoisotopic (exact) mass is 356 g/mol. The molecule has 0 spiro atoms. The van der Waals surface area contributed by atoms with Gasteiger partial charge in [-0.05, 0) is 30.3 Å². The minimum Gasteiger partial charge on any atom is -0.435 e. The number of nitrogens with zero attached hydrogens (tertiary/aromatic N) is 3. The number of aromatic nitrogens is 3. The number of carbonyl (C=O) groups is 1. The normalized spacial score (nSPS) is 10.1. The van der Waals surface area contributed by atoms with Gasteiger partial charge >= 0.3 is 0 Å². The average Bonchev–Trinajstić information content (AvgIpc) is 2.63. The van der Waals surface area contributed by atoms with Crippen LogP contribution >= 0.6 is 11.6 Å². The van der Waals surface area contributed by atoms with E-state index in [1.165, 1.54) is 12.5 Å². The van der Waals surface area contributed by atoms with Gasteiger partial charge in [-0.3, -0.25) is 20.6 Å². The molecule has 8 nitrogen and oxygen atoms in total. The van der Waals surface area contributed by atoms with Crippen LogP contribution in [0.25, 0.3) is 0 Å². The fraction of sp³-hybridized carbons (Fsp3) is 0. The first-order chi connectivity index (χ1) is 12.1. The lowest BCUT2D eigenvalue weighted by molar-refractivity contribution is 0.0962. The van der Waals surface area contributed by atoms with Gasteiger partial charge in [-0.1, -0.05) is 17.7 Å². The summed E-state index contributed by atoms with van der Waals surface area (Å²) in [6.07, 6.45) is 4.40. The first-order valence-corrected chi connectivity index (χ1v) is 7.51. The Kier molecular flexibility index (Phi) is 4.91. The number of carbonyl (C=O) groups excluding carboxylic acids is 1. The van der Waals surface area contributed by atoms with Gasteiger partial charge in [-0.25, -0.2) is 4.98 Å². The topological polar surface area (TPSA) is 115 Å². The number of ether oxygens (including phenoxy) is 1. The molecule has 25 heavy (non-hydrogen) atoms. The number of hydrogen-bond acceptors (Lipinski definition) is 7. The Morgan fingerprint density at radius 2 is 2.08 bits per heavy atom. The minimum absolute atomic E-state index is 0.137. The molecular formula is C16H13ClN6O2. The Morgan fingerprint density at radius 1 is 1.20 bits per heavy atom. The molecule has 4 N–H and O–H groups in total. The number of pyridine rings is 1. The van der Waals surface area contributed by atoms with Crippen LogP contribution in [0, 0.1) is 0 Å². The molecule has 0 saturated heterocycles. The third-order valence-electron chi connectivity index (χ3n) is 3.08. The van der Waals surface area contributed by atoms with E-state index in [0.29, 0.717) is 16.3 Å². The van der Waals surface area contributed by atoms with Crippen LogP contribution in [0.1, 0.15) is 10.4 Å². The van der Waals surface area contributed by atoms with Gasteiger partial charge in [0, 0.05) is 16.8 Å². The molecule has 0 aliphatic rings. The summed E-state index contributed by atoms with van der Waals surface area (Å²) in [5.74, 6) is 0.420. The van der Waals surface area contributed by atoms with Crippen LogP contribution in [0.4, 0.5) is 11.5 Å². The van der Waals surface area contributed by atoms with E-state index in [0.717, 1.165) is 0 Å². The molecule has 1 aromatic carbocycles. The molecule has 0 atom stereocenters. The number of amides is 1. The van der Waals surface area contributed by atoms with Crippen molar-refractivity contribution in [2.75, 3.05) is 11.2 Å². The van der Waals surface area contributed by atoms with Crippen LogP contribution < -0.4 is 21.3 Å². The average molecular weight is 357 g/mol. The van der Waals surface area contributed by atoms with E-state index < -0.39 is 5.91 Å². The Balaban J connectivity index is 1.71. The van der Waals surface area contributed by atoms with Gasteiger partial charge in [-0.15, -0.1) is 0 Å². The van der Waals surface area contributed by atoms with Crippen LogP contribution in [0.15, 0.2) is 55.1 Å². The zero-order valence-electron chi connectivity index (χ0n) is 12.8. The summed E-state index contributed by atoms with van der Waals surface area (Å²) < 4.78 is 5.55. The smallest absolute Gasteiger partial charge is 0.269 e. The van der Waals surface area contributed by atoms with E-state index >= 15 is 0 Å². The first kappa shape index (κ1) is 16.5. The summed E-state index contributed by atoms with van der Waals surface area (Å²) >= 11 is 5.87. The molecule has 0 unspecified atom stereocenters. The highest BCUT2D eigenvalue weighted by atomic mass is 35.5. The Bertz CT molecular complexity index is 891. The van der Waals surface area contributed by atoms with Gasteiger partial charge in [0.2, 0.25) is 5.88 Å². The van der Waals surface area contributed by atoms with E-state index in [-0.39, 0.29) is 17.4 Å². The van der Waals surface area contributed by atoms with Crippen LogP contribution in [-0.4, -0.2) is 20.9 Å². The number of nitrogen functional groups attached to an aromatic ring is 1. The maximum atomic E-state index is 12.1. The molecule has 2 heterocycles. The highest BCUT2D eigenvalue weighted by Gasteiger charge is 2.12. The molecule has 1 amide bonds. The van der Waals surface area contributed by atoms with Crippen molar-refractivity contribution in [1.29, 1.82) is 0 Å². The molecular weight excluding hydrogens is 344 g/mol. The molecule has 0 bridgehead atoms. The van der Waals surface area contributed by atoms with Gasteiger partial charge in [0.25, 0.3) is 5.91 Å². The number of benzene rings is 1. The first-order valence-electron chi connectivity index (χ1n) is 7.14. The van der Waals surface area contributed by atoms with Crippen molar-refractivity contribution < 1.29 is 9.53 Å². The summed E-state index contributed by atoms with van der Waals surface area (Å²) in [5, 5.41) is 0.460. The summed E-state index contributed by atoms with van der Waals surface area (Å²) in [6.45, 7) is 0. The minimum atomic E-state index is -0.393. The van der Waals surface area contributed by atoms with Gasteiger partial charge in [0.1, 0.15) is 17.8 Å². The Hall–Kier alpha value is -3.39. The van der Waals surface area contributed by atoms with Crippen LogP contribution in [0.3, 0.4) is 0 Å². The molecule has 0 aliphatic heterocycles. The quantitative estimate of drug-likeness (QED) is 0.602. The summed E-state index contributed by atoms with van der Waals surface area (Å²) in [7, 11) is 0. The second-order valence-electron chi connectivity index (χ2n) is 4.82. The maximum Gasteiger partial charge on any atom is 0.269 e. The SMILES string of the molecule is Nc1c(NNC(=O)c2cccc(Cl)c2)ncnc1Oc1cccnc1. The van der Waals surface area contributed by atoms with Crippen molar-refractivity contribution in [2.45, 2.75) is 0 Å². The van der Waals surface area contributed by atoms with Crippen molar-refractivity contribution >= 4 is 29.0 Å². The molecule has 0 fully saturated rings. The number of anilines is 2.